The highest BCUT2D eigenvalue weighted by molar-refractivity contribution is 7.80. The topological polar surface area (TPSA) is 35.5 Å². The van der Waals surface area contributed by atoms with E-state index >= 15 is 0 Å². The molecule has 1 aliphatic heterocycles. The van der Waals surface area contributed by atoms with Gasteiger partial charge in [-0.2, -0.15) is 0 Å². The number of rotatable bonds is 4. The molecule has 1 fully saturated rings. The zero-order valence-electron chi connectivity index (χ0n) is 7.42. The summed E-state index contributed by atoms with van der Waals surface area (Å²) in [6, 6.07) is 0.358. The van der Waals surface area contributed by atoms with E-state index in [-0.39, 0.29) is 6.61 Å². The van der Waals surface area contributed by atoms with Crippen LogP contribution in [0.3, 0.4) is 0 Å². The average Bonchev–Trinajstić information content (AvgIpc) is 2.37. The molecule has 0 aromatic rings. The third-order valence-corrected chi connectivity index (χ3v) is 2.62. The lowest BCUT2D eigenvalue weighted by molar-refractivity contribution is 0.218. The molecule has 0 spiro atoms. The molecule has 1 saturated heterocycles. The van der Waals surface area contributed by atoms with Gasteiger partial charge in [0.15, 0.2) is 0 Å². The van der Waals surface area contributed by atoms with E-state index in [1.54, 1.807) is 0 Å². The number of thiocarbonyl (C=S) groups is 1. The number of nitrogens with one attached hydrogen (secondary N) is 1. The number of aliphatic hydroxyl groups is 1. The lowest BCUT2D eigenvalue weighted by Gasteiger charge is -2.19. The molecule has 4 heteroatoms. The number of nitrogens with zero attached hydrogens (tertiary/aromatic N) is 1. The molecule has 1 aliphatic rings. The van der Waals surface area contributed by atoms with Crippen molar-refractivity contribution in [2.24, 2.45) is 0 Å². The van der Waals surface area contributed by atoms with Crippen molar-refractivity contribution >= 4 is 17.1 Å². The lowest BCUT2D eigenvalue weighted by Crippen LogP contribution is -2.39. The predicted octanol–water partition coefficient (Wildman–Crippen LogP) is -0.358. The Bertz CT molecular complexity index is 163. The molecule has 0 amide bonds. The van der Waals surface area contributed by atoms with Crippen LogP contribution in [-0.4, -0.2) is 54.2 Å². The van der Waals surface area contributed by atoms with Crippen LogP contribution in [0.15, 0.2) is 0 Å². The van der Waals surface area contributed by atoms with E-state index in [4.69, 9.17) is 17.3 Å². The number of aliphatic hydroxyl groups excluding tert-OH is 1. The van der Waals surface area contributed by atoms with Gasteiger partial charge in [-0.15, -0.1) is 0 Å². The van der Waals surface area contributed by atoms with Gasteiger partial charge < -0.3 is 15.3 Å². The molecule has 0 bridgehead atoms. The Morgan fingerprint density at radius 1 is 1.75 bits per heavy atom. The van der Waals surface area contributed by atoms with Crippen LogP contribution in [0.2, 0.25) is 0 Å². The van der Waals surface area contributed by atoms with Crippen LogP contribution in [0, 0.1) is 0 Å². The molecule has 0 saturated carbocycles. The standard InChI is InChI=1S/C8H16N2OS/c1-10(4-5-11)6-7-8(12)2-3-9-7/h7,9,11H,2-6H2,1H3. The summed E-state index contributed by atoms with van der Waals surface area (Å²) in [5, 5.41) is 12.0. The third kappa shape index (κ3) is 2.79. The van der Waals surface area contributed by atoms with Crippen molar-refractivity contribution in [1.82, 2.24) is 10.2 Å². The monoisotopic (exact) mass is 188 g/mol. The molecular weight excluding hydrogens is 172 g/mol. The Hall–Kier alpha value is -0.0300. The second kappa shape index (κ2) is 4.87. The van der Waals surface area contributed by atoms with Crippen LogP contribution >= 0.6 is 12.2 Å². The minimum atomic E-state index is 0.218. The minimum absolute atomic E-state index is 0.218. The minimum Gasteiger partial charge on any atom is -0.395 e. The Kier molecular flexibility index (Phi) is 4.08. The molecular formula is C8H16N2OS. The molecule has 0 radical (unpaired) electrons. The fourth-order valence-corrected chi connectivity index (χ4v) is 1.66. The first-order valence-electron chi connectivity index (χ1n) is 4.29. The molecule has 2 N–H and O–H groups in total. The molecule has 0 aromatic heterocycles. The molecule has 70 valence electrons. The van der Waals surface area contributed by atoms with Crippen molar-refractivity contribution in [3.05, 3.63) is 0 Å². The van der Waals surface area contributed by atoms with Gasteiger partial charge in [-0.05, 0) is 13.5 Å². The van der Waals surface area contributed by atoms with Crippen LogP contribution in [0.5, 0.6) is 0 Å². The van der Waals surface area contributed by atoms with E-state index in [1.807, 2.05) is 7.05 Å². The van der Waals surface area contributed by atoms with E-state index in [0.717, 1.165) is 30.9 Å². The van der Waals surface area contributed by atoms with E-state index in [9.17, 15) is 0 Å². The van der Waals surface area contributed by atoms with Crippen LogP contribution in [0.4, 0.5) is 0 Å². The van der Waals surface area contributed by atoms with Crippen molar-refractivity contribution in [3.8, 4) is 0 Å². The van der Waals surface area contributed by atoms with Crippen molar-refractivity contribution in [1.29, 1.82) is 0 Å². The maximum Gasteiger partial charge on any atom is 0.0558 e. The van der Waals surface area contributed by atoms with Gasteiger partial charge in [-0.1, -0.05) is 12.2 Å². The van der Waals surface area contributed by atoms with Crippen LogP contribution in [0.1, 0.15) is 6.42 Å². The third-order valence-electron chi connectivity index (χ3n) is 2.13. The maximum absolute atomic E-state index is 8.68. The van der Waals surface area contributed by atoms with Crippen LogP contribution in [0.25, 0.3) is 0 Å². The van der Waals surface area contributed by atoms with Gasteiger partial charge in [0.2, 0.25) is 0 Å². The van der Waals surface area contributed by atoms with Crippen molar-refractivity contribution in [3.63, 3.8) is 0 Å². The summed E-state index contributed by atoms with van der Waals surface area (Å²) in [4.78, 5) is 3.22. The van der Waals surface area contributed by atoms with E-state index in [2.05, 4.69) is 10.2 Å². The number of likely N-dealkylation sites (N-methyl/N-ethyl adjacent to an activating group) is 1. The molecule has 3 nitrogen and oxygen atoms in total. The molecule has 0 aliphatic carbocycles. The molecule has 1 unspecified atom stereocenters. The summed E-state index contributed by atoms with van der Waals surface area (Å²) < 4.78 is 0. The van der Waals surface area contributed by atoms with E-state index in [0.29, 0.717) is 6.04 Å². The molecule has 12 heavy (non-hydrogen) atoms. The fraction of sp³-hybridized carbons (Fsp3) is 0.875. The van der Waals surface area contributed by atoms with E-state index < -0.39 is 0 Å². The summed E-state index contributed by atoms with van der Waals surface area (Å²) in [6.45, 7) is 2.87. The van der Waals surface area contributed by atoms with Crippen molar-refractivity contribution in [2.75, 3.05) is 33.3 Å². The zero-order valence-corrected chi connectivity index (χ0v) is 8.23. The summed E-state index contributed by atoms with van der Waals surface area (Å²) in [5.41, 5.74) is 0. The van der Waals surface area contributed by atoms with Gasteiger partial charge >= 0.3 is 0 Å². The number of hydrogen-bond acceptors (Lipinski definition) is 4. The molecule has 0 aromatic carbocycles. The average molecular weight is 188 g/mol. The highest BCUT2D eigenvalue weighted by Gasteiger charge is 2.20. The lowest BCUT2D eigenvalue weighted by atomic mass is 10.2. The smallest absolute Gasteiger partial charge is 0.0558 e. The second-order valence-corrected chi connectivity index (χ2v) is 3.73. The Balaban J connectivity index is 2.25. The quantitative estimate of drug-likeness (QED) is 0.591. The first kappa shape index (κ1) is 10.1. The normalized spacial score (nSPS) is 23.9. The highest BCUT2D eigenvalue weighted by atomic mass is 32.1. The summed E-state index contributed by atoms with van der Waals surface area (Å²) in [5.74, 6) is 0. The fourth-order valence-electron chi connectivity index (χ4n) is 1.40. The second-order valence-electron chi connectivity index (χ2n) is 3.21. The molecule has 1 rings (SSSR count). The largest absolute Gasteiger partial charge is 0.395 e. The van der Waals surface area contributed by atoms with E-state index in [1.165, 1.54) is 0 Å². The van der Waals surface area contributed by atoms with Gasteiger partial charge in [-0.3, -0.25) is 0 Å². The molecule has 1 atom stereocenters. The van der Waals surface area contributed by atoms with Crippen molar-refractivity contribution in [2.45, 2.75) is 12.5 Å². The Morgan fingerprint density at radius 2 is 2.50 bits per heavy atom. The summed E-state index contributed by atoms with van der Waals surface area (Å²) in [6.07, 6.45) is 1.02. The first-order chi connectivity index (χ1) is 5.74. The number of hydrogen-bond donors (Lipinski definition) is 2. The summed E-state index contributed by atoms with van der Waals surface area (Å²) >= 11 is 5.19. The first-order valence-corrected chi connectivity index (χ1v) is 4.70. The van der Waals surface area contributed by atoms with Crippen LogP contribution < -0.4 is 5.32 Å². The van der Waals surface area contributed by atoms with Gasteiger partial charge in [-0.25, -0.2) is 0 Å². The maximum atomic E-state index is 8.68. The van der Waals surface area contributed by atoms with Gasteiger partial charge in [0.25, 0.3) is 0 Å². The summed E-state index contributed by atoms with van der Waals surface area (Å²) in [7, 11) is 2.00. The van der Waals surface area contributed by atoms with Gasteiger partial charge in [0, 0.05) is 24.5 Å². The zero-order chi connectivity index (χ0) is 8.97. The SMILES string of the molecule is CN(CCO)CC1NCCC1=S. The Labute approximate surface area is 78.8 Å². The van der Waals surface area contributed by atoms with Crippen molar-refractivity contribution < 1.29 is 5.11 Å². The Morgan fingerprint density at radius 3 is 3.00 bits per heavy atom. The van der Waals surface area contributed by atoms with Gasteiger partial charge in [0.05, 0.1) is 12.6 Å². The predicted molar refractivity (Wildman–Crippen MR) is 53.6 cm³/mol. The highest BCUT2D eigenvalue weighted by Crippen LogP contribution is 2.04. The molecule has 1 heterocycles. The van der Waals surface area contributed by atoms with Crippen LogP contribution in [-0.2, 0) is 0 Å². The van der Waals surface area contributed by atoms with Gasteiger partial charge in [0.1, 0.15) is 0 Å².